The second-order valence-electron chi connectivity index (χ2n) is 4.86. The third-order valence-corrected chi connectivity index (χ3v) is 3.08. The highest BCUT2D eigenvalue weighted by Crippen LogP contribution is 2.14. The number of carbonyl (C=O) groups excluding carboxylic acids is 1. The summed E-state index contributed by atoms with van der Waals surface area (Å²) in [4.78, 5) is 17.5. The molecule has 0 saturated carbocycles. The van der Waals surface area contributed by atoms with Gasteiger partial charge in [-0.25, -0.2) is 13.8 Å². The average molecular weight is 284 g/mol. The van der Waals surface area contributed by atoms with Crippen molar-refractivity contribution in [2.75, 3.05) is 13.2 Å². The van der Waals surface area contributed by atoms with Crippen molar-refractivity contribution in [3.05, 3.63) is 35.6 Å². The Morgan fingerprint density at radius 2 is 2.15 bits per heavy atom. The van der Waals surface area contributed by atoms with E-state index in [9.17, 15) is 13.6 Å². The SMILES string of the molecule is C[C@H](F)CNC1CCON(Cc2ccc(F)cc2)C1=O. The highest BCUT2D eigenvalue weighted by molar-refractivity contribution is 5.81. The van der Waals surface area contributed by atoms with Crippen LogP contribution in [0.25, 0.3) is 0 Å². The molecule has 0 aliphatic carbocycles. The van der Waals surface area contributed by atoms with Gasteiger partial charge in [-0.05, 0) is 31.0 Å². The number of rotatable bonds is 5. The molecular weight excluding hydrogens is 266 g/mol. The summed E-state index contributed by atoms with van der Waals surface area (Å²) in [5, 5.41) is 4.14. The normalized spacial score (nSPS) is 21.1. The molecular formula is C14H18F2N2O2. The molecule has 1 aliphatic heterocycles. The van der Waals surface area contributed by atoms with Gasteiger partial charge in [-0.3, -0.25) is 9.63 Å². The Kier molecular flexibility index (Phi) is 5.03. The molecule has 1 heterocycles. The summed E-state index contributed by atoms with van der Waals surface area (Å²) in [6.07, 6.45) is -0.484. The maximum Gasteiger partial charge on any atom is 0.263 e. The van der Waals surface area contributed by atoms with E-state index in [2.05, 4.69) is 5.32 Å². The lowest BCUT2D eigenvalue weighted by Gasteiger charge is -2.32. The molecule has 1 unspecified atom stereocenters. The summed E-state index contributed by atoms with van der Waals surface area (Å²) in [5.41, 5.74) is 0.777. The number of carbonyl (C=O) groups is 1. The van der Waals surface area contributed by atoms with Gasteiger partial charge in [0.05, 0.1) is 19.2 Å². The van der Waals surface area contributed by atoms with E-state index in [-0.39, 0.29) is 24.8 Å². The second kappa shape index (κ2) is 6.76. The molecule has 0 bridgehead atoms. The molecule has 0 radical (unpaired) electrons. The number of hydroxylamine groups is 2. The molecule has 1 amide bonds. The third kappa shape index (κ3) is 3.98. The van der Waals surface area contributed by atoms with Gasteiger partial charge >= 0.3 is 0 Å². The van der Waals surface area contributed by atoms with Crippen LogP contribution in [-0.4, -0.2) is 36.3 Å². The average Bonchev–Trinajstić information content (AvgIpc) is 2.42. The molecule has 4 nitrogen and oxygen atoms in total. The Balaban J connectivity index is 1.94. The van der Waals surface area contributed by atoms with Gasteiger partial charge in [-0.15, -0.1) is 0 Å². The number of amides is 1. The van der Waals surface area contributed by atoms with E-state index in [0.29, 0.717) is 13.0 Å². The molecule has 1 saturated heterocycles. The van der Waals surface area contributed by atoms with Crippen molar-refractivity contribution >= 4 is 5.91 Å². The lowest BCUT2D eigenvalue weighted by molar-refractivity contribution is -0.206. The van der Waals surface area contributed by atoms with Gasteiger partial charge in [0.25, 0.3) is 5.91 Å². The summed E-state index contributed by atoms with van der Waals surface area (Å²) in [6, 6.07) is 5.45. The van der Waals surface area contributed by atoms with Gasteiger partial charge < -0.3 is 5.32 Å². The third-order valence-electron chi connectivity index (χ3n) is 3.08. The topological polar surface area (TPSA) is 41.6 Å². The zero-order chi connectivity index (χ0) is 14.5. The summed E-state index contributed by atoms with van der Waals surface area (Å²) in [7, 11) is 0. The summed E-state index contributed by atoms with van der Waals surface area (Å²) < 4.78 is 25.6. The first-order valence-corrected chi connectivity index (χ1v) is 6.62. The molecule has 1 N–H and O–H groups in total. The molecule has 6 heteroatoms. The highest BCUT2D eigenvalue weighted by atomic mass is 19.1. The minimum absolute atomic E-state index is 0.140. The molecule has 1 aromatic carbocycles. The zero-order valence-corrected chi connectivity index (χ0v) is 11.3. The second-order valence-corrected chi connectivity index (χ2v) is 4.86. The van der Waals surface area contributed by atoms with E-state index in [4.69, 9.17) is 4.84 Å². The van der Waals surface area contributed by atoms with Gasteiger partial charge in [0, 0.05) is 6.54 Å². The van der Waals surface area contributed by atoms with Crippen LogP contribution in [0.1, 0.15) is 18.9 Å². The monoisotopic (exact) mass is 284 g/mol. The number of benzene rings is 1. The fourth-order valence-electron chi connectivity index (χ4n) is 2.01. The van der Waals surface area contributed by atoms with Crippen molar-refractivity contribution in [2.24, 2.45) is 0 Å². The predicted molar refractivity (Wildman–Crippen MR) is 69.9 cm³/mol. The first kappa shape index (κ1) is 14.9. The first-order valence-electron chi connectivity index (χ1n) is 6.62. The van der Waals surface area contributed by atoms with E-state index < -0.39 is 12.2 Å². The molecule has 2 rings (SSSR count). The maximum atomic E-state index is 12.8. The number of nitrogens with one attached hydrogen (secondary N) is 1. The van der Waals surface area contributed by atoms with Crippen LogP contribution in [0.2, 0.25) is 0 Å². The lowest BCUT2D eigenvalue weighted by Crippen LogP contribution is -2.51. The number of hydrogen-bond donors (Lipinski definition) is 1. The highest BCUT2D eigenvalue weighted by Gasteiger charge is 2.29. The first-order chi connectivity index (χ1) is 9.56. The molecule has 110 valence electrons. The molecule has 20 heavy (non-hydrogen) atoms. The van der Waals surface area contributed by atoms with Crippen molar-refractivity contribution < 1.29 is 18.4 Å². The molecule has 0 spiro atoms. The summed E-state index contributed by atoms with van der Waals surface area (Å²) >= 11 is 0. The van der Waals surface area contributed by atoms with Crippen molar-refractivity contribution in [2.45, 2.75) is 32.1 Å². The van der Waals surface area contributed by atoms with Crippen LogP contribution in [0, 0.1) is 5.82 Å². The Morgan fingerprint density at radius 1 is 1.45 bits per heavy atom. The van der Waals surface area contributed by atoms with Crippen LogP contribution >= 0.6 is 0 Å². The minimum atomic E-state index is -1.00. The number of alkyl halides is 1. The number of hydrogen-bond acceptors (Lipinski definition) is 3. The fraction of sp³-hybridized carbons (Fsp3) is 0.500. The summed E-state index contributed by atoms with van der Waals surface area (Å²) in [6.45, 7) is 2.22. The van der Waals surface area contributed by atoms with Crippen LogP contribution in [-0.2, 0) is 16.2 Å². The molecule has 1 aliphatic rings. The Hall–Kier alpha value is -1.53. The van der Waals surface area contributed by atoms with Gasteiger partial charge in [0.1, 0.15) is 12.0 Å². The Labute approximate surface area is 116 Å². The van der Waals surface area contributed by atoms with Gasteiger partial charge in [0.15, 0.2) is 0 Å². The van der Waals surface area contributed by atoms with Crippen molar-refractivity contribution in [1.29, 1.82) is 0 Å². The molecule has 2 atom stereocenters. The molecule has 1 fully saturated rings. The fourth-order valence-corrected chi connectivity index (χ4v) is 2.01. The van der Waals surface area contributed by atoms with Crippen LogP contribution in [0.4, 0.5) is 8.78 Å². The molecule has 0 aromatic heterocycles. The van der Waals surface area contributed by atoms with E-state index >= 15 is 0 Å². The molecule has 1 aromatic rings. The smallest absolute Gasteiger partial charge is 0.263 e. The van der Waals surface area contributed by atoms with E-state index in [1.54, 1.807) is 12.1 Å². The minimum Gasteiger partial charge on any atom is -0.303 e. The van der Waals surface area contributed by atoms with Crippen LogP contribution in [0.15, 0.2) is 24.3 Å². The quantitative estimate of drug-likeness (QED) is 0.896. The summed E-state index contributed by atoms with van der Waals surface area (Å²) in [5.74, 6) is -0.544. The van der Waals surface area contributed by atoms with Crippen molar-refractivity contribution in [3.8, 4) is 0 Å². The Bertz CT molecular complexity index is 451. The van der Waals surface area contributed by atoms with Crippen molar-refractivity contribution in [1.82, 2.24) is 10.4 Å². The van der Waals surface area contributed by atoms with E-state index in [1.165, 1.54) is 24.1 Å². The lowest BCUT2D eigenvalue weighted by atomic mass is 10.1. The van der Waals surface area contributed by atoms with Gasteiger partial charge in [0.2, 0.25) is 0 Å². The zero-order valence-electron chi connectivity index (χ0n) is 11.3. The van der Waals surface area contributed by atoms with Gasteiger partial charge in [-0.2, -0.15) is 0 Å². The largest absolute Gasteiger partial charge is 0.303 e. The number of halogens is 2. The van der Waals surface area contributed by atoms with Crippen LogP contribution in [0.5, 0.6) is 0 Å². The standard InChI is InChI=1S/C14H18F2N2O2/c1-10(15)8-17-13-6-7-20-18(14(13)19)9-11-2-4-12(16)5-3-11/h2-5,10,13,17H,6-9H2,1H3/t10-,13?/m0/s1. The number of nitrogens with zero attached hydrogens (tertiary/aromatic N) is 1. The van der Waals surface area contributed by atoms with Crippen LogP contribution < -0.4 is 5.32 Å². The van der Waals surface area contributed by atoms with E-state index in [0.717, 1.165) is 5.56 Å². The van der Waals surface area contributed by atoms with Crippen molar-refractivity contribution in [3.63, 3.8) is 0 Å². The van der Waals surface area contributed by atoms with Gasteiger partial charge in [-0.1, -0.05) is 12.1 Å². The predicted octanol–water partition coefficient (Wildman–Crippen LogP) is 1.81. The Morgan fingerprint density at radius 3 is 2.80 bits per heavy atom. The van der Waals surface area contributed by atoms with Crippen LogP contribution in [0.3, 0.4) is 0 Å². The van der Waals surface area contributed by atoms with E-state index in [1.807, 2.05) is 0 Å². The maximum absolute atomic E-state index is 12.8.